The minimum absolute atomic E-state index is 0.252. The minimum atomic E-state index is -0.252. The molecule has 0 spiro atoms. The first kappa shape index (κ1) is 8.31. The van der Waals surface area contributed by atoms with Crippen LogP contribution < -0.4 is 0 Å². The molecule has 0 aliphatic heterocycles. The Hall–Kier alpha value is -0.790. The van der Waals surface area contributed by atoms with Gasteiger partial charge in [0.15, 0.2) is 0 Å². The maximum Gasteiger partial charge on any atom is 0.330 e. The lowest BCUT2D eigenvalue weighted by atomic mass is 9.70. The van der Waals surface area contributed by atoms with Gasteiger partial charge in [-0.3, -0.25) is 0 Å². The van der Waals surface area contributed by atoms with Gasteiger partial charge in [0, 0.05) is 6.08 Å². The van der Waals surface area contributed by atoms with Crippen molar-refractivity contribution in [2.75, 3.05) is 7.11 Å². The summed E-state index contributed by atoms with van der Waals surface area (Å²) in [5, 5.41) is 0. The van der Waals surface area contributed by atoms with Gasteiger partial charge in [0.2, 0.25) is 0 Å². The second-order valence-corrected chi connectivity index (χ2v) is 3.36. The first-order valence-corrected chi connectivity index (χ1v) is 3.93. The molecule has 0 bridgehead atoms. The molecule has 0 aromatic rings. The van der Waals surface area contributed by atoms with Gasteiger partial charge < -0.3 is 4.74 Å². The second kappa shape index (κ2) is 3.07. The Morgan fingerprint density at radius 1 is 1.55 bits per heavy atom. The zero-order valence-corrected chi connectivity index (χ0v) is 7.09. The van der Waals surface area contributed by atoms with E-state index in [2.05, 4.69) is 11.7 Å². The van der Waals surface area contributed by atoms with Crippen LogP contribution >= 0.6 is 0 Å². The Labute approximate surface area is 67.2 Å². The van der Waals surface area contributed by atoms with Crippen molar-refractivity contribution in [3.63, 3.8) is 0 Å². The molecule has 0 unspecified atom stereocenters. The summed E-state index contributed by atoms with van der Waals surface area (Å²) in [4.78, 5) is 10.7. The molecule has 0 N–H and O–H groups in total. The molecule has 0 heterocycles. The fraction of sp³-hybridized carbons (Fsp3) is 0.667. The average molecular weight is 154 g/mol. The van der Waals surface area contributed by atoms with Gasteiger partial charge in [-0.15, -0.1) is 0 Å². The third-order valence-electron chi connectivity index (χ3n) is 2.32. The normalized spacial score (nSPS) is 21.3. The van der Waals surface area contributed by atoms with Gasteiger partial charge in [-0.2, -0.15) is 0 Å². The van der Waals surface area contributed by atoms with Crippen LogP contribution in [0.25, 0.3) is 0 Å². The summed E-state index contributed by atoms with van der Waals surface area (Å²) >= 11 is 0. The summed E-state index contributed by atoms with van der Waals surface area (Å²) in [6, 6.07) is 0. The molecule has 1 aliphatic rings. The molecule has 2 heteroatoms. The summed E-state index contributed by atoms with van der Waals surface area (Å²) in [6.45, 7) is 2.16. The van der Waals surface area contributed by atoms with Crippen LogP contribution in [0.3, 0.4) is 0 Å². The first-order chi connectivity index (χ1) is 5.16. The van der Waals surface area contributed by atoms with Gasteiger partial charge in [-0.1, -0.05) is 19.4 Å². The molecule has 1 saturated carbocycles. The predicted octanol–water partition coefficient (Wildman–Crippen LogP) is 1.91. The molecule has 62 valence electrons. The Balaban J connectivity index is 2.39. The molecule has 0 aromatic heterocycles. The quantitative estimate of drug-likeness (QED) is 0.448. The Bertz CT molecular complexity index is 178. The molecule has 1 aliphatic carbocycles. The number of allylic oxidation sites excluding steroid dienone is 1. The minimum Gasteiger partial charge on any atom is -0.466 e. The van der Waals surface area contributed by atoms with Gasteiger partial charge in [-0.05, 0) is 18.3 Å². The van der Waals surface area contributed by atoms with E-state index in [-0.39, 0.29) is 11.4 Å². The van der Waals surface area contributed by atoms with Crippen LogP contribution in [-0.4, -0.2) is 13.1 Å². The van der Waals surface area contributed by atoms with Crippen LogP contribution in [0.2, 0.25) is 0 Å². The lowest BCUT2D eigenvalue weighted by molar-refractivity contribution is -0.134. The predicted molar refractivity (Wildman–Crippen MR) is 43.1 cm³/mol. The van der Waals surface area contributed by atoms with E-state index in [1.807, 2.05) is 6.08 Å². The molecule has 1 fully saturated rings. The number of ether oxygens (including phenoxy) is 1. The molecule has 0 radical (unpaired) electrons. The summed E-state index contributed by atoms with van der Waals surface area (Å²) in [6.07, 6.45) is 7.16. The van der Waals surface area contributed by atoms with Crippen molar-refractivity contribution in [1.29, 1.82) is 0 Å². The highest BCUT2D eigenvalue weighted by atomic mass is 16.5. The Morgan fingerprint density at radius 3 is 2.55 bits per heavy atom. The van der Waals surface area contributed by atoms with Crippen molar-refractivity contribution in [2.45, 2.75) is 26.2 Å². The molecule has 0 aromatic carbocycles. The van der Waals surface area contributed by atoms with Gasteiger partial charge in [0.25, 0.3) is 0 Å². The molecule has 11 heavy (non-hydrogen) atoms. The first-order valence-electron chi connectivity index (χ1n) is 3.93. The monoisotopic (exact) mass is 154 g/mol. The largest absolute Gasteiger partial charge is 0.466 e. The molecule has 0 atom stereocenters. The van der Waals surface area contributed by atoms with Crippen LogP contribution in [0.15, 0.2) is 12.2 Å². The van der Waals surface area contributed by atoms with E-state index in [1.165, 1.54) is 32.4 Å². The topological polar surface area (TPSA) is 26.3 Å². The fourth-order valence-electron chi connectivity index (χ4n) is 1.24. The van der Waals surface area contributed by atoms with Gasteiger partial charge in [-0.25, -0.2) is 4.79 Å². The number of hydrogen-bond acceptors (Lipinski definition) is 2. The maximum absolute atomic E-state index is 10.7. The van der Waals surface area contributed by atoms with Crippen molar-refractivity contribution in [3.8, 4) is 0 Å². The van der Waals surface area contributed by atoms with E-state index in [0.717, 1.165) is 0 Å². The molecular weight excluding hydrogens is 140 g/mol. The van der Waals surface area contributed by atoms with Gasteiger partial charge in [0.1, 0.15) is 0 Å². The number of esters is 1. The second-order valence-electron chi connectivity index (χ2n) is 3.36. The van der Waals surface area contributed by atoms with Crippen LogP contribution in [0.4, 0.5) is 0 Å². The number of carbonyl (C=O) groups excluding carboxylic acids is 1. The molecular formula is C9H14O2. The van der Waals surface area contributed by atoms with E-state index < -0.39 is 0 Å². The number of carbonyl (C=O) groups is 1. The number of hydrogen-bond donors (Lipinski definition) is 0. The van der Waals surface area contributed by atoms with Crippen molar-refractivity contribution in [2.24, 2.45) is 5.41 Å². The molecule has 0 amide bonds. The van der Waals surface area contributed by atoms with Crippen molar-refractivity contribution in [3.05, 3.63) is 12.2 Å². The summed E-state index contributed by atoms with van der Waals surface area (Å²) in [5.41, 5.74) is 0.272. The summed E-state index contributed by atoms with van der Waals surface area (Å²) < 4.78 is 4.49. The Morgan fingerprint density at radius 2 is 2.18 bits per heavy atom. The zero-order valence-electron chi connectivity index (χ0n) is 7.09. The fourth-order valence-corrected chi connectivity index (χ4v) is 1.24. The van der Waals surface area contributed by atoms with Crippen molar-refractivity contribution in [1.82, 2.24) is 0 Å². The van der Waals surface area contributed by atoms with Crippen LogP contribution in [0.5, 0.6) is 0 Å². The third-order valence-corrected chi connectivity index (χ3v) is 2.32. The summed E-state index contributed by atoms with van der Waals surface area (Å²) in [5.74, 6) is -0.252. The Kier molecular flexibility index (Phi) is 2.32. The molecule has 1 rings (SSSR count). The van der Waals surface area contributed by atoms with Crippen molar-refractivity contribution < 1.29 is 9.53 Å². The van der Waals surface area contributed by atoms with Crippen LogP contribution in [0.1, 0.15) is 26.2 Å². The highest BCUT2D eigenvalue weighted by molar-refractivity contribution is 5.81. The SMILES string of the molecule is COC(=O)C=CC1(C)CCC1. The highest BCUT2D eigenvalue weighted by Crippen LogP contribution is 2.41. The highest BCUT2D eigenvalue weighted by Gasteiger charge is 2.28. The third kappa shape index (κ3) is 2.07. The zero-order chi connectivity index (χ0) is 8.32. The average Bonchev–Trinajstić information content (AvgIpc) is 1.96. The molecule has 2 nitrogen and oxygen atoms in total. The van der Waals surface area contributed by atoms with Gasteiger partial charge in [0.05, 0.1) is 7.11 Å². The van der Waals surface area contributed by atoms with E-state index in [1.54, 1.807) is 0 Å². The van der Waals surface area contributed by atoms with E-state index in [0.29, 0.717) is 0 Å². The smallest absolute Gasteiger partial charge is 0.330 e. The van der Waals surface area contributed by atoms with E-state index >= 15 is 0 Å². The lowest BCUT2D eigenvalue weighted by Crippen LogP contribution is -2.22. The van der Waals surface area contributed by atoms with E-state index in [9.17, 15) is 4.79 Å². The standard InChI is InChI=1S/C9H14O2/c1-9(5-3-6-9)7-4-8(10)11-2/h4,7H,3,5-6H2,1-2H3. The maximum atomic E-state index is 10.7. The van der Waals surface area contributed by atoms with Crippen LogP contribution in [-0.2, 0) is 9.53 Å². The lowest BCUT2D eigenvalue weighted by Gasteiger charge is -2.35. The summed E-state index contributed by atoms with van der Waals surface area (Å²) in [7, 11) is 1.40. The van der Waals surface area contributed by atoms with Crippen molar-refractivity contribution >= 4 is 5.97 Å². The molecule has 0 saturated heterocycles. The van der Waals surface area contributed by atoms with E-state index in [4.69, 9.17) is 0 Å². The van der Waals surface area contributed by atoms with Crippen LogP contribution in [0, 0.1) is 5.41 Å². The number of rotatable bonds is 2. The number of methoxy groups -OCH3 is 1. The van der Waals surface area contributed by atoms with Gasteiger partial charge >= 0.3 is 5.97 Å².